The standard InChI is InChI=1S/C12H18N2OS/c1-9-4-6-10(7-5-9)16-8-12(2,14-3)11(13)15/h4-7,14H,8H2,1-3H3,(H2,13,15). The predicted molar refractivity (Wildman–Crippen MR) is 68.6 cm³/mol. The van der Waals surface area contributed by atoms with E-state index in [-0.39, 0.29) is 5.91 Å². The molecule has 88 valence electrons. The van der Waals surface area contributed by atoms with E-state index >= 15 is 0 Å². The van der Waals surface area contributed by atoms with Crippen molar-refractivity contribution in [1.29, 1.82) is 0 Å². The Bertz CT molecular complexity index is 364. The molecule has 0 saturated heterocycles. The largest absolute Gasteiger partial charge is 0.368 e. The van der Waals surface area contributed by atoms with Crippen LogP contribution in [0, 0.1) is 6.92 Å². The van der Waals surface area contributed by atoms with E-state index in [2.05, 4.69) is 36.5 Å². The molecule has 1 rings (SSSR count). The number of carbonyl (C=O) groups is 1. The van der Waals surface area contributed by atoms with E-state index in [1.54, 1.807) is 18.8 Å². The van der Waals surface area contributed by atoms with Crippen molar-refractivity contribution < 1.29 is 4.79 Å². The third-order valence-corrected chi connectivity index (χ3v) is 3.97. The number of carbonyl (C=O) groups excluding carboxylic acids is 1. The molecule has 0 radical (unpaired) electrons. The summed E-state index contributed by atoms with van der Waals surface area (Å²) in [5, 5.41) is 2.96. The van der Waals surface area contributed by atoms with Gasteiger partial charge < -0.3 is 11.1 Å². The lowest BCUT2D eigenvalue weighted by molar-refractivity contribution is -0.122. The molecule has 0 saturated carbocycles. The van der Waals surface area contributed by atoms with E-state index in [0.717, 1.165) is 4.90 Å². The van der Waals surface area contributed by atoms with Crippen molar-refractivity contribution in [2.24, 2.45) is 5.73 Å². The van der Waals surface area contributed by atoms with Crippen molar-refractivity contribution in [1.82, 2.24) is 5.32 Å². The van der Waals surface area contributed by atoms with Crippen LogP contribution in [-0.4, -0.2) is 24.2 Å². The lowest BCUT2D eigenvalue weighted by atomic mass is 10.1. The maximum atomic E-state index is 11.3. The minimum absolute atomic E-state index is 0.324. The molecule has 1 aromatic rings. The molecule has 0 heterocycles. The van der Waals surface area contributed by atoms with Crippen LogP contribution < -0.4 is 11.1 Å². The summed E-state index contributed by atoms with van der Waals surface area (Å²) in [5.74, 6) is 0.302. The highest BCUT2D eigenvalue weighted by Crippen LogP contribution is 2.22. The fourth-order valence-electron chi connectivity index (χ4n) is 1.13. The third kappa shape index (κ3) is 3.25. The Morgan fingerprint density at radius 1 is 1.44 bits per heavy atom. The van der Waals surface area contributed by atoms with Crippen LogP contribution in [0.2, 0.25) is 0 Å². The van der Waals surface area contributed by atoms with Crippen molar-refractivity contribution in [3.63, 3.8) is 0 Å². The van der Waals surface area contributed by atoms with Gasteiger partial charge in [0.25, 0.3) is 0 Å². The van der Waals surface area contributed by atoms with E-state index in [1.165, 1.54) is 5.56 Å². The first-order valence-electron chi connectivity index (χ1n) is 5.16. The van der Waals surface area contributed by atoms with Crippen molar-refractivity contribution in [2.75, 3.05) is 12.8 Å². The van der Waals surface area contributed by atoms with Gasteiger partial charge in [-0.1, -0.05) is 17.7 Å². The van der Waals surface area contributed by atoms with E-state index in [1.807, 2.05) is 6.92 Å². The number of nitrogens with one attached hydrogen (secondary N) is 1. The van der Waals surface area contributed by atoms with Gasteiger partial charge in [0, 0.05) is 10.6 Å². The average Bonchev–Trinajstić information content (AvgIpc) is 2.27. The highest BCUT2D eigenvalue weighted by molar-refractivity contribution is 7.99. The zero-order chi connectivity index (χ0) is 12.2. The molecular formula is C12H18N2OS. The zero-order valence-corrected chi connectivity index (χ0v) is 10.7. The number of primary amides is 1. The molecule has 4 heteroatoms. The van der Waals surface area contributed by atoms with Crippen molar-refractivity contribution in [2.45, 2.75) is 24.3 Å². The van der Waals surface area contributed by atoms with Gasteiger partial charge in [-0.2, -0.15) is 0 Å². The first-order chi connectivity index (χ1) is 7.48. The van der Waals surface area contributed by atoms with E-state index in [4.69, 9.17) is 5.73 Å². The van der Waals surface area contributed by atoms with Crippen LogP contribution in [0.5, 0.6) is 0 Å². The fourth-order valence-corrected chi connectivity index (χ4v) is 2.20. The fraction of sp³-hybridized carbons (Fsp3) is 0.417. The van der Waals surface area contributed by atoms with E-state index < -0.39 is 5.54 Å². The number of rotatable bonds is 5. The van der Waals surface area contributed by atoms with Crippen LogP contribution in [0.25, 0.3) is 0 Å². The molecule has 3 N–H and O–H groups in total. The topological polar surface area (TPSA) is 55.1 Å². The Labute approximate surface area is 101 Å². The molecule has 0 aliphatic heterocycles. The molecule has 1 unspecified atom stereocenters. The van der Waals surface area contributed by atoms with Gasteiger partial charge in [-0.15, -0.1) is 11.8 Å². The smallest absolute Gasteiger partial charge is 0.238 e. The summed E-state index contributed by atoms with van der Waals surface area (Å²) in [5.41, 5.74) is 5.93. The molecule has 0 bridgehead atoms. The maximum Gasteiger partial charge on any atom is 0.238 e. The average molecular weight is 238 g/mol. The second kappa shape index (κ2) is 5.37. The second-order valence-electron chi connectivity index (χ2n) is 4.05. The summed E-state index contributed by atoms with van der Waals surface area (Å²) in [6.45, 7) is 3.87. The van der Waals surface area contributed by atoms with Gasteiger partial charge in [-0.3, -0.25) is 4.79 Å². The lowest BCUT2D eigenvalue weighted by Crippen LogP contribution is -2.53. The number of hydrogen-bond acceptors (Lipinski definition) is 3. The summed E-state index contributed by atoms with van der Waals surface area (Å²) in [6, 6.07) is 8.22. The SMILES string of the molecule is CNC(C)(CSc1ccc(C)cc1)C(N)=O. The van der Waals surface area contributed by atoms with Gasteiger partial charge in [0.15, 0.2) is 0 Å². The third-order valence-electron chi connectivity index (χ3n) is 2.64. The molecule has 0 aliphatic carbocycles. The number of benzene rings is 1. The molecule has 0 fully saturated rings. The van der Waals surface area contributed by atoms with Gasteiger partial charge in [-0.05, 0) is 33.0 Å². The number of nitrogens with two attached hydrogens (primary N) is 1. The second-order valence-corrected chi connectivity index (χ2v) is 5.10. The van der Waals surface area contributed by atoms with Crippen LogP contribution in [0.1, 0.15) is 12.5 Å². The summed E-state index contributed by atoms with van der Waals surface area (Å²) in [6.07, 6.45) is 0. The highest BCUT2D eigenvalue weighted by Gasteiger charge is 2.28. The van der Waals surface area contributed by atoms with Crippen LogP contribution in [0.4, 0.5) is 0 Å². The van der Waals surface area contributed by atoms with Gasteiger partial charge in [0.1, 0.15) is 5.54 Å². The number of likely N-dealkylation sites (N-methyl/N-ethyl adjacent to an activating group) is 1. The molecular weight excluding hydrogens is 220 g/mol. The quantitative estimate of drug-likeness (QED) is 0.765. The molecule has 1 aromatic carbocycles. The van der Waals surface area contributed by atoms with Crippen molar-refractivity contribution in [3.05, 3.63) is 29.8 Å². The molecule has 0 aliphatic rings. The first-order valence-corrected chi connectivity index (χ1v) is 6.15. The van der Waals surface area contributed by atoms with Crippen LogP contribution >= 0.6 is 11.8 Å². The van der Waals surface area contributed by atoms with Crippen molar-refractivity contribution in [3.8, 4) is 0 Å². The van der Waals surface area contributed by atoms with E-state index in [0.29, 0.717) is 5.75 Å². The monoisotopic (exact) mass is 238 g/mol. The summed E-state index contributed by atoms with van der Waals surface area (Å²) >= 11 is 1.63. The van der Waals surface area contributed by atoms with E-state index in [9.17, 15) is 4.79 Å². The van der Waals surface area contributed by atoms with Crippen molar-refractivity contribution >= 4 is 17.7 Å². The summed E-state index contributed by atoms with van der Waals surface area (Å²) in [7, 11) is 1.75. The van der Waals surface area contributed by atoms with Gasteiger partial charge in [0.05, 0.1) is 0 Å². The minimum Gasteiger partial charge on any atom is -0.368 e. The molecule has 16 heavy (non-hydrogen) atoms. The minimum atomic E-state index is -0.657. The van der Waals surface area contributed by atoms with Crippen LogP contribution in [-0.2, 0) is 4.79 Å². The number of thioether (sulfide) groups is 1. The zero-order valence-electron chi connectivity index (χ0n) is 9.91. The Morgan fingerprint density at radius 3 is 2.44 bits per heavy atom. The molecule has 1 amide bonds. The normalized spacial score (nSPS) is 14.4. The Hall–Kier alpha value is -1.00. The molecule has 3 nitrogen and oxygen atoms in total. The highest BCUT2D eigenvalue weighted by atomic mass is 32.2. The Kier molecular flexibility index (Phi) is 4.38. The lowest BCUT2D eigenvalue weighted by Gasteiger charge is -2.24. The summed E-state index contributed by atoms with van der Waals surface area (Å²) in [4.78, 5) is 12.4. The van der Waals surface area contributed by atoms with Gasteiger partial charge in [-0.25, -0.2) is 0 Å². The van der Waals surface area contributed by atoms with Crippen LogP contribution in [0.15, 0.2) is 29.2 Å². The number of aryl methyl sites for hydroxylation is 1. The number of hydrogen-bond donors (Lipinski definition) is 2. The first kappa shape index (κ1) is 13.1. The molecule has 0 spiro atoms. The van der Waals surface area contributed by atoms with Gasteiger partial charge >= 0.3 is 0 Å². The number of amides is 1. The molecule has 0 aromatic heterocycles. The summed E-state index contributed by atoms with van der Waals surface area (Å²) < 4.78 is 0. The Morgan fingerprint density at radius 2 is 2.00 bits per heavy atom. The molecule has 1 atom stereocenters. The van der Waals surface area contributed by atoms with Crippen LogP contribution in [0.3, 0.4) is 0 Å². The Balaban J connectivity index is 2.63. The predicted octanol–water partition coefficient (Wildman–Crippen LogP) is 1.55. The van der Waals surface area contributed by atoms with Gasteiger partial charge in [0.2, 0.25) is 5.91 Å². The maximum absolute atomic E-state index is 11.3.